The van der Waals surface area contributed by atoms with Crippen molar-refractivity contribution in [1.29, 1.82) is 0 Å². The summed E-state index contributed by atoms with van der Waals surface area (Å²) in [4.78, 5) is 23.0. The van der Waals surface area contributed by atoms with Gasteiger partial charge in [0.25, 0.3) is 0 Å². The van der Waals surface area contributed by atoms with E-state index in [4.69, 9.17) is 9.84 Å². The summed E-state index contributed by atoms with van der Waals surface area (Å²) < 4.78 is 5.28. The summed E-state index contributed by atoms with van der Waals surface area (Å²) >= 11 is 0. The summed E-state index contributed by atoms with van der Waals surface area (Å²) in [7, 11) is 1.59. The van der Waals surface area contributed by atoms with E-state index in [0.29, 0.717) is 12.8 Å². The van der Waals surface area contributed by atoms with Crippen LogP contribution in [0.15, 0.2) is 24.3 Å². The lowest BCUT2D eigenvalue weighted by molar-refractivity contribution is -0.142. The van der Waals surface area contributed by atoms with Crippen LogP contribution in [0.3, 0.4) is 0 Å². The number of carbonyl (C=O) groups is 2. The first-order chi connectivity index (χ1) is 9.99. The van der Waals surface area contributed by atoms with Gasteiger partial charge in [0.1, 0.15) is 11.8 Å². The van der Waals surface area contributed by atoms with E-state index in [1.807, 2.05) is 38.1 Å². The zero-order valence-corrected chi connectivity index (χ0v) is 12.8. The third kappa shape index (κ3) is 5.10. The highest BCUT2D eigenvalue weighted by Gasteiger charge is 2.21. The minimum Gasteiger partial charge on any atom is -0.496 e. The zero-order chi connectivity index (χ0) is 15.8. The maximum Gasteiger partial charge on any atom is 0.326 e. The van der Waals surface area contributed by atoms with Crippen molar-refractivity contribution in [3.63, 3.8) is 0 Å². The molecule has 5 heteroatoms. The molecule has 0 aliphatic carbocycles. The number of hydrogen-bond donors (Lipinski definition) is 2. The molecule has 0 radical (unpaired) electrons. The molecule has 1 rings (SSSR count). The van der Waals surface area contributed by atoms with E-state index in [9.17, 15) is 9.59 Å². The fraction of sp³-hybridized carbons (Fsp3) is 0.500. The average Bonchev–Trinajstić information content (AvgIpc) is 2.46. The van der Waals surface area contributed by atoms with Crippen molar-refractivity contribution in [3.05, 3.63) is 29.8 Å². The summed E-state index contributed by atoms with van der Waals surface area (Å²) in [6, 6.07) is 6.71. The molecule has 0 saturated heterocycles. The van der Waals surface area contributed by atoms with Gasteiger partial charge in [-0.15, -0.1) is 0 Å². The zero-order valence-electron chi connectivity index (χ0n) is 12.8. The van der Waals surface area contributed by atoms with Gasteiger partial charge in [0.2, 0.25) is 5.91 Å². The smallest absolute Gasteiger partial charge is 0.326 e. The van der Waals surface area contributed by atoms with Crippen molar-refractivity contribution in [1.82, 2.24) is 5.32 Å². The predicted molar refractivity (Wildman–Crippen MR) is 80.5 cm³/mol. The number of carboxylic acid groups (broad SMARTS) is 1. The van der Waals surface area contributed by atoms with E-state index >= 15 is 0 Å². The third-order valence-electron chi connectivity index (χ3n) is 3.37. The molecular weight excluding hydrogens is 270 g/mol. The molecule has 1 aromatic carbocycles. The van der Waals surface area contributed by atoms with E-state index in [-0.39, 0.29) is 18.2 Å². The Balaban J connectivity index is 2.67. The van der Waals surface area contributed by atoms with Crippen molar-refractivity contribution < 1.29 is 19.4 Å². The van der Waals surface area contributed by atoms with Crippen molar-refractivity contribution >= 4 is 11.9 Å². The SMILES string of the molecule is CCCC(NC(=O)CC(C)c1ccccc1OC)C(=O)O. The number of methoxy groups -OCH3 is 1. The lowest BCUT2D eigenvalue weighted by atomic mass is 9.96. The van der Waals surface area contributed by atoms with Gasteiger partial charge < -0.3 is 15.2 Å². The maximum absolute atomic E-state index is 12.0. The van der Waals surface area contributed by atoms with E-state index < -0.39 is 12.0 Å². The van der Waals surface area contributed by atoms with Gasteiger partial charge in [-0.2, -0.15) is 0 Å². The molecule has 0 bridgehead atoms. The quantitative estimate of drug-likeness (QED) is 0.772. The van der Waals surface area contributed by atoms with Gasteiger partial charge in [-0.1, -0.05) is 38.5 Å². The molecule has 1 amide bonds. The normalized spacial score (nSPS) is 13.3. The molecule has 0 spiro atoms. The van der Waals surface area contributed by atoms with Crippen molar-refractivity contribution in [2.45, 2.75) is 45.1 Å². The van der Waals surface area contributed by atoms with Gasteiger partial charge in [0.05, 0.1) is 7.11 Å². The second-order valence-electron chi connectivity index (χ2n) is 5.09. The fourth-order valence-electron chi connectivity index (χ4n) is 2.26. The summed E-state index contributed by atoms with van der Waals surface area (Å²) in [5, 5.41) is 11.6. The topological polar surface area (TPSA) is 75.6 Å². The molecule has 0 fully saturated rings. The third-order valence-corrected chi connectivity index (χ3v) is 3.37. The van der Waals surface area contributed by atoms with Crippen LogP contribution in [-0.4, -0.2) is 30.1 Å². The number of nitrogens with one attached hydrogen (secondary N) is 1. The van der Waals surface area contributed by atoms with Crippen LogP contribution in [-0.2, 0) is 9.59 Å². The van der Waals surface area contributed by atoms with Gasteiger partial charge in [0, 0.05) is 6.42 Å². The van der Waals surface area contributed by atoms with Crippen LogP contribution in [0.2, 0.25) is 0 Å². The van der Waals surface area contributed by atoms with E-state index in [1.54, 1.807) is 7.11 Å². The van der Waals surface area contributed by atoms with Gasteiger partial charge in [-0.3, -0.25) is 4.79 Å². The van der Waals surface area contributed by atoms with Crippen LogP contribution in [0.5, 0.6) is 5.75 Å². The fourth-order valence-corrected chi connectivity index (χ4v) is 2.26. The van der Waals surface area contributed by atoms with Crippen molar-refractivity contribution in [3.8, 4) is 5.75 Å². The molecular formula is C16H23NO4. The average molecular weight is 293 g/mol. The van der Waals surface area contributed by atoms with Crippen molar-refractivity contribution in [2.24, 2.45) is 0 Å². The first-order valence-electron chi connectivity index (χ1n) is 7.14. The minimum absolute atomic E-state index is 0.0442. The number of carboxylic acids is 1. The minimum atomic E-state index is -0.991. The monoisotopic (exact) mass is 293 g/mol. The number of para-hydroxylation sites is 1. The van der Waals surface area contributed by atoms with Crippen LogP contribution >= 0.6 is 0 Å². The Morgan fingerprint density at radius 3 is 2.57 bits per heavy atom. The molecule has 0 aliphatic heterocycles. The Labute approximate surface area is 125 Å². The number of hydrogen-bond acceptors (Lipinski definition) is 3. The van der Waals surface area contributed by atoms with Crippen LogP contribution in [0, 0.1) is 0 Å². The molecule has 21 heavy (non-hydrogen) atoms. The number of aliphatic carboxylic acids is 1. The molecule has 2 unspecified atom stereocenters. The molecule has 2 N–H and O–H groups in total. The van der Waals surface area contributed by atoms with E-state index in [0.717, 1.165) is 11.3 Å². The Hall–Kier alpha value is -2.04. The van der Waals surface area contributed by atoms with E-state index in [2.05, 4.69) is 5.32 Å². The van der Waals surface area contributed by atoms with Crippen LogP contribution < -0.4 is 10.1 Å². The second kappa shape index (κ2) is 8.29. The Morgan fingerprint density at radius 1 is 1.33 bits per heavy atom. The summed E-state index contributed by atoms with van der Waals surface area (Å²) in [5.74, 6) is -0.553. The Morgan fingerprint density at radius 2 is 2.00 bits per heavy atom. The van der Waals surface area contributed by atoms with Crippen molar-refractivity contribution in [2.75, 3.05) is 7.11 Å². The first-order valence-corrected chi connectivity index (χ1v) is 7.14. The highest BCUT2D eigenvalue weighted by atomic mass is 16.5. The van der Waals surface area contributed by atoms with Crippen LogP contribution in [0.25, 0.3) is 0 Å². The molecule has 5 nitrogen and oxygen atoms in total. The lowest BCUT2D eigenvalue weighted by Crippen LogP contribution is -2.41. The van der Waals surface area contributed by atoms with Crippen LogP contribution in [0.1, 0.15) is 44.6 Å². The highest BCUT2D eigenvalue weighted by Crippen LogP contribution is 2.28. The van der Waals surface area contributed by atoms with E-state index in [1.165, 1.54) is 0 Å². The van der Waals surface area contributed by atoms with Gasteiger partial charge in [0.15, 0.2) is 0 Å². The standard InChI is InChI=1S/C16H23NO4/c1-4-7-13(16(19)20)17-15(18)10-11(2)12-8-5-6-9-14(12)21-3/h5-6,8-9,11,13H,4,7,10H2,1-3H3,(H,17,18)(H,19,20). The van der Waals surface area contributed by atoms with Crippen LogP contribution in [0.4, 0.5) is 0 Å². The molecule has 0 aliphatic rings. The summed E-state index contributed by atoms with van der Waals surface area (Å²) in [5.41, 5.74) is 0.942. The molecule has 0 heterocycles. The highest BCUT2D eigenvalue weighted by molar-refractivity contribution is 5.84. The number of ether oxygens (including phenoxy) is 1. The lowest BCUT2D eigenvalue weighted by Gasteiger charge is -2.18. The molecule has 2 atom stereocenters. The number of carbonyl (C=O) groups excluding carboxylic acids is 1. The summed E-state index contributed by atoms with van der Waals surface area (Å²) in [6.07, 6.45) is 1.37. The molecule has 0 aromatic heterocycles. The van der Waals surface area contributed by atoms with Gasteiger partial charge >= 0.3 is 5.97 Å². The predicted octanol–water partition coefficient (Wildman–Crippen LogP) is 2.56. The number of benzene rings is 1. The first kappa shape index (κ1) is 17.0. The van der Waals surface area contributed by atoms with Gasteiger partial charge in [-0.05, 0) is 24.0 Å². The molecule has 0 saturated carbocycles. The molecule has 116 valence electrons. The maximum atomic E-state index is 12.0. The number of rotatable bonds is 8. The molecule has 1 aromatic rings. The second-order valence-corrected chi connectivity index (χ2v) is 5.09. The largest absolute Gasteiger partial charge is 0.496 e. The Bertz CT molecular complexity index is 487. The Kier molecular flexibility index (Phi) is 6.72. The number of amides is 1. The summed E-state index contributed by atoms with van der Waals surface area (Å²) in [6.45, 7) is 3.81. The van der Waals surface area contributed by atoms with Gasteiger partial charge in [-0.25, -0.2) is 4.79 Å².